The minimum atomic E-state index is -0.258. The van der Waals surface area contributed by atoms with Crippen molar-refractivity contribution in [2.45, 2.75) is 19.9 Å². The zero-order valence-electron chi connectivity index (χ0n) is 10.7. The highest BCUT2D eigenvalue weighted by Crippen LogP contribution is 2.18. The number of amides is 1. The summed E-state index contributed by atoms with van der Waals surface area (Å²) < 4.78 is 12.8. The first kappa shape index (κ1) is 13.0. The van der Waals surface area contributed by atoms with Crippen molar-refractivity contribution in [3.05, 3.63) is 35.6 Å². The topological polar surface area (TPSA) is 41.1 Å². The molecule has 0 aliphatic carbocycles. The second kappa shape index (κ2) is 5.48. The van der Waals surface area contributed by atoms with Crippen LogP contribution in [0.3, 0.4) is 0 Å². The average molecular weight is 250 g/mol. The zero-order valence-corrected chi connectivity index (χ0v) is 10.7. The molecule has 0 radical (unpaired) electrons. The van der Waals surface area contributed by atoms with E-state index in [0.717, 1.165) is 18.7 Å². The third-order valence-corrected chi connectivity index (χ3v) is 3.58. The number of hydrogen-bond donors (Lipinski definition) is 2. The van der Waals surface area contributed by atoms with Crippen LogP contribution < -0.4 is 10.6 Å². The molecule has 2 rings (SSSR count). The van der Waals surface area contributed by atoms with Crippen LogP contribution in [0.4, 0.5) is 4.39 Å². The molecular weight excluding hydrogens is 231 g/mol. The summed E-state index contributed by atoms with van der Waals surface area (Å²) in [6, 6.07) is 6.15. The third-order valence-electron chi connectivity index (χ3n) is 3.58. The summed E-state index contributed by atoms with van der Waals surface area (Å²) in [5.41, 5.74) is 0.920. The van der Waals surface area contributed by atoms with E-state index >= 15 is 0 Å². The van der Waals surface area contributed by atoms with Crippen molar-refractivity contribution >= 4 is 5.91 Å². The van der Waals surface area contributed by atoms with Crippen molar-refractivity contribution in [2.24, 2.45) is 11.8 Å². The summed E-state index contributed by atoms with van der Waals surface area (Å²) in [5, 5.41) is 6.20. The molecule has 3 nitrogen and oxygen atoms in total. The lowest BCUT2D eigenvalue weighted by Gasteiger charge is -2.19. The lowest BCUT2D eigenvalue weighted by molar-refractivity contribution is -0.126. The fourth-order valence-electron chi connectivity index (χ4n) is 2.32. The van der Waals surface area contributed by atoms with Crippen LogP contribution in [0.1, 0.15) is 25.5 Å². The van der Waals surface area contributed by atoms with Gasteiger partial charge >= 0.3 is 0 Å². The highest BCUT2D eigenvalue weighted by Gasteiger charge is 2.30. The first-order valence-electron chi connectivity index (χ1n) is 6.34. The van der Waals surface area contributed by atoms with Crippen LogP contribution >= 0.6 is 0 Å². The van der Waals surface area contributed by atoms with Gasteiger partial charge in [0.25, 0.3) is 0 Å². The van der Waals surface area contributed by atoms with Gasteiger partial charge in [0.05, 0.1) is 12.0 Å². The van der Waals surface area contributed by atoms with Gasteiger partial charge < -0.3 is 10.6 Å². The van der Waals surface area contributed by atoms with Gasteiger partial charge in [-0.2, -0.15) is 0 Å². The van der Waals surface area contributed by atoms with Crippen molar-refractivity contribution in [1.29, 1.82) is 0 Å². The molecule has 1 aromatic carbocycles. The maximum Gasteiger partial charge on any atom is 0.225 e. The Labute approximate surface area is 107 Å². The second-order valence-corrected chi connectivity index (χ2v) is 5.02. The van der Waals surface area contributed by atoms with Crippen molar-refractivity contribution in [3.8, 4) is 0 Å². The predicted octanol–water partition coefficient (Wildman–Crippen LogP) is 1.86. The van der Waals surface area contributed by atoms with E-state index in [-0.39, 0.29) is 23.7 Å². The standard InChI is InChI=1S/C14H19FN2O/c1-9-7-16-8-13(9)14(18)17-10(2)11-3-5-12(15)6-4-11/h3-6,9-10,13,16H,7-8H2,1-2H3,(H,17,18)/t9?,10-,13?/m1/s1. The number of hydrogen-bond acceptors (Lipinski definition) is 2. The van der Waals surface area contributed by atoms with Crippen LogP contribution in [0.5, 0.6) is 0 Å². The third kappa shape index (κ3) is 2.88. The van der Waals surface area contributed by atoms with Gasteiger partial charge in [0, 0.05) is 6.54 Å². The number of rotatable bonds is 3. The van der Waals surface area contributed by atoms with Gasteiger partial charge in [0.15, 0.2) is 0 Å². The molecule has 1 aliphatic rings. The molecule has 0 saturated carbocycles. The molecule has 1 heterocycles. The SMILES string of the molecule is CC1CNCC1C(=O)N[C@H](C)c1ccc(F)cc1. The van der Waals surface area contributed by atoms with E-state index in [1.165, 1.54) is 12.1 Å². The molecule has 1 saturated heterocycles. The number of carbonyl (C=O) groups excluding carboxylic acids is 1. The zero-order chi connectivity index (χ0) is 13.1. The van der Waals surface area contributed by atoms with Gasteiger partial charge in [0.2, 0.25) is 5.91 Å². The van der Waals surface area contributed by atoms with Crippen LogP contribution in [0, 0.1) is 17.7 Å². The normalized spacial score (nSPS) is 24.8. The monoisotopic (exact) mass is 250 g/mol. The summed E-state index contributed by atoms with van der Waals surface area (Å²) in [6.45, 7) is 5.62. The summed E-state index contributed by atoms with van der Waals surface area (Å²) >= 11 is 0. The fourth-order valence-corrected chi connectivity index (χ4v) is 2.32. The summed E-state index contributed by atoms with van der Waals surface area (Å²) in [7, 11) is 0. The first-order chi connectivity index (χ1) is 8.58. The van der Waals surface area contributed by atoms with Crippen molar-refractivity contribution in [1.82, 2.24) is 10.6 Å². The minimum Gasteiger partial charge on any atom is -0.349 e. The van der Waals surface area contributed by atoms with Crippen molar-refractivity contribution < 1.29 is 9.18 Å². The fraction of sp³-hybridized carbons (Fsp3) is 0.500. The molecule has 0 aromatic heterocycles. The largest absolute Gasteiger partial charge is 0.349 e. The molecule has 4 heteroatoms. The van der Waals surface area contributed by atoms with E-state index in [1.807, 2.05) is 6.92 Å². The van der Waals surface area contributed by atoms with E-state index in [0.29, 0.717) is 5.92 Å². The Morgan fingerprint density at radius 2 is 2.06 bits per heavy atom. The van der Waals surface area contributed by atoms with Gasteiger partial charge in [0.1, 0.15) is 5.82 Å². The summed E-state index contributed by atoms with van der Waals surface area (Å²) in [4.78, 5) is 12.1. The second-order valence-electron chi connectivity index (χ2n) is 5.02. The number of halogens is 1. The van der Waals surface area contributed by atoms with E-state index in [9.17, 15) is 9.18 Å². The molecule has 1 amide bonds. The molecule has 1 fully saturated rings. The average Bonchev–Trinajstić information content (AvgIpc) is 2.76. The Morgan fingerprint density at radius 1 is 1.39 bits per heavy atom. The molecule has 0 spiro atoms. The smallest absolute Gasteiger partial charge is 0.225 e. The highest BCUT2D eigenvalue weighted by molar-refractivity contribution is 5.80. The summed E-state index contributed by atoms with van der Waals surface area (Å²) in [6.07, 6.45) is 0. The van der Waals surface area contributed by atoms with Crippen LogP contribution in [0.15, 0.2) is 24.3 Å². The molecule has 1 aromatic rings. The Balaban J connectivity index is 1.96. The van der Waals surface area contributed by atoms with Crippen molar-refractivity contribution in [2.75, 3.05) is 13.1 Å². The maximum atomic E-state index is 12.8. The molecule has 2 unspecified atom stereocenters. The van der Waals surface area contributed by atoms with Crippen LogP contribution in [-0.2, 0) is 4.79 Å². The number of nitrogens with one attached hydrogen (secondary N) is 2. The molecule has 2 N–H and O–H groups in total. The molecule has 1 aliphatic heterocycles. The molecule has 3 atom stereocenters. The van der Waals surface area contributed by atoms with E-state index in [2.05, 4.69) is 17.6 Å². The Kier molecular flexibility index (Phi) is 3.97. The van der Waals surface area contributed by atoms with E-state index in [1.54, 1.807) is 12.1 Å². The quantitative estimate of drug-likeness (QED) is 0.859. The van der Waals surface area contributed by atoms with Gasteiger partial charge in [-0.05, 0) is 37.1 Å². The van der Waals surface area contributed by atoms with Crippen LogP contribution in [-0.4, -0.2) is 19.0 Å². The molecule has 98 valence electrons. The lowest BCUT2D eigenvalue weighted by Crippen LogP contribution is -2.35. The molecule has 0 bridgehead atoms. The van der Waals surface area contributed by atoms with Crippen LogP contribution in [0.2, 0.25) is 0 Å². The van der Waals surface area contributed by atoms with Gasteiger partial charge in [-0.3, -0.25) is 4.79 Å². The van der Waals surface area contributed by atoms with E-state index < -0.39 is 0 Å². The molecular formula is C14H19FN2O. The Bertz CT molecular complexity index is 418. The Hall–Kier alpha value is -1.42. The van der Waals surface area contributed by atoms with Crippen molar-refractivity contribution in [3.63, 3.8) is 0 Å². The Morgan fingerprint density at radius 3 is 2.61 bits per heavy atom. The minimum absolute atomic E-state index is 0.0351. The number of carbonyl (C=O) groups is 1. The van der Waals surface area contributed by atoms with Gasteiger partial charge in [-0.25, -0.2) is 4.39 Å². The number of benzene rings is 1. The summed E-state index contributed by atoms with van der Waals surface area (Å²) in [5.74, 6) is 0.216. The first-order valence-corrected chi connectivity index (χ1v) is 6.34. The van der Waals surface area contributed by atoms with Gasteiger partial charge in [-0.1, -0.05) is 19.1 Å². The van der Waals surface area contributed by atoms with E-state index in [4.69, 9.17) is 0 Å². The lowest BCUT2D eigenvalue weighted by atomic mass is 9.96. The van der Waals surface area contributed by atoms with Gasteiger partial charge in [-0.15, -0.1) is 0 Å². The predicted molar refractivity (Wildman–Crippen MR) is 68.5 cm³/mol. The highest BCUT2D eigenvalue weighted by atomic mass is 19.1. The van der Waals surface area contributed by atoms with Crippen LogP contribution in [0.25, 0.3) is 0 Å². The molecule has 18 heavy (non-hydrogen) atoms. The maximum absolute atomic E-state index is 12.8.